The molecule has 7 heteroatoms. The molecule has 0 aliphatic carbocycles. The second-order valence-electron chi connectivity index (χ2n) is 8.94. The maximum Gasteiger partial charge on any atom is 0.228 e. The van der Waals surface area contributed by atoms with E-state index in [4.69, 9.17) is 9.47 Å². The molecule has 1 aromatic heterocycles. The van der Waals surface area contributed by atoms with Gasteiger partial charge in [0.15, 0.2) is 0 Å². The molecule has 2 aromatic rings. The van der Waals surface area contributed by atoms with Crippen LogP contribution in [0.25, 0.3) is 0 Å². The third kappa shape index (κ3) is 3.82. The number of hydrogen-bond donors (Lipinski definition) is 0. The third-order valence-corrected chi connectivity index (χ3v) is 7.18. The average Bonchev–Trinajstić information content (AvgIpc) is 2.82. The predicted molar refractivity (Wildman–Crippen MR) is 117 cm³/mol. The molecule has 3 aliphatic rings. The number of fused-ring (bicyclic) bond motifs is 4. The molecule has 0 unspecified atom stereocenters. The van der Waals surface area contributed by atoms with Crippen molar-refractivity contribution in [3.8, 4) is 11.6 Å². The van der Waals surface area contributed by atoms with Crippen LogP contribution in [0.5, 0.6) is 11.6 Å². The molecule has 5 rings (SSSR count). The maximum atomic E-state index is 13.1. The van der Waals surface area contributed by atoms with Gasteiger partial charge in [-0.25, -0.2) is 4.98 Å². The summed E-state index contributed by atoms with van der Waals surface area (Å²) in [6.07, 6.45) is 6.52. The molecule has 4 heterocycles. The first kappa shape index (κ1) is 20.1. The van der Waals surface area contributed by atoms with Gasteiger partial charge in [-0.15, -0.1) is 0 Å². The molecule has 31 heavy (non-hydrogen) atoms. The SMILES string of the molecule is COc1cccc(C[C@H]2[C@H]3C[C@H](CN(c4nccc(OC)n4)C3)[C@@H]3CCCC(=O)N32)c1. The second-order valence-corrected chi connectivity index (χ2v) is 8.94. The van der Waals surface area contributed by atoms with E-state index in [1.807, 2.05) is 12.1 Å². The Kier molecular flexibility index (Phi) is 5.42. The number of nitrogens with zero attached hydrogens (tertiary/aromatic N) is 4. The fourth-order valence-corrected chi connectivity index (χ4v) is 5.84. The van der Waals surface area contributed by atoms with Gasteiger partial charge in [-0.3, -0.25) is 4.79 Å². The van der Waals surface area contributed by atoms with E-state index in [2.05, 4.69) is 31.9 Å². The van der Waals surface area contributed by atoms with Crippen LogP contribution in [0.4, 0.5) is 5.95 Å². The van der Waals surface area contributed by atoms with E-state index in [1.165, 1.54) is 5.56 Å². The number of amides is 1. The fourth-order valence-electron chi connectivity index (χ4n) is 5.84. The number of hydrogen-bond acceptors (Lipinski definition) is 6. The second kappa shape index (κ2) is 8.36. The van der Waals surface area contributed by atoms with Crippen molar-refractivity contribution in [3.63, 3.8) is 0 Å². The lowest BCUT2D eigenvalue weighted by atomic mass is 9.71. The van der Waals surface area contributed by atoms with E-state index < -0.39 is 0 Å². The number of methoxy groups -OCH3 is 2. The van der Waals surface area contributed by atoms with Crippen molar-refractivity contribution in [2.75, 3.05) is 32.2 Å². The Hall–Kier alpha value is -2.83. The molecular formula is C24H30N4O3. The van der Waals surface area contributed by atoms with E-state index >= 15 is 0 Å². The van der Waals surface area contributed by atoms with Gasteiger partial charge < -0.3 is 19.3 Å². The lowest BCUT2D eigenvalue weighted by Crippen LogP contribution is -2.65. The minimum atomic E-state index is 0.189. The van der Waals surface area contributed by atoms with Gasteiger partial charge >= 0.3 is 0 Å². The summed E-state index contributed by atoms with van der Waals surface area (Å²) in [5.41, 5.74) is 1.22. The highest BCUT2D eigenvalue weighted by atomic mass is 16.5. The van der Waals surface area contributed by atoms with E-state index in [9.17, 15) is 4.79 Å². The number of rotatable bonds is 5. The topological polar surface area (TPSA) is 67.8 Å². The summed E-state index contributed by atoms with van der Waals surface area (Å²) in [6.45, 7) is 1.75. The highest BCUT2D eigenvalue weighted by Crippen LogP contribution is 2.43. The normalized spacial score (nSPS) is 27.6. The Balaban J connectivity index is 1.46. The van der Waals surface area contributed by atoms with Crippen LogP contribution in [0, 0.1) is 11.8 Å². The maximum absolute atomic E-state index is 13.1. The minimum absolute atomic E-state index is 0.189. The van der Waals surface area contributed by atoms with Gasteiger partial charge in [0.05, 0.1) is 14.2 Å². The number of benzene rings is 1. The highest BCUT2D eigenvalue weighted by molar-refractivity contribution is 5.78. The molecule has 0 spiro atoms. The summed E-state index contributed by atoms with van der Waals surface area (Å²) in [6, 6.07) is 10.5. The third-order valence-electron chi connectivity index (χ3n) is 7.18. The lowest BCUT2D eigenvalue weighted by molar-refractivity contribution is -0.148. The highest BCUT2D eigenvalue weighted by Gasteiger charge is 2.49. The number of ether oxygens (including phenoxy) is 2. The summed E-state index contributed by atoms with van der Waals surface area (Å²) in [5.74, 6) is 3.35. The zero-order chi connectivity index (χ0) is 21.4. The molecule has 0 N–H and O–H groups in total. The summed E-state index contributed by atoms with van der Waals surface area (Å²) in [4.78, 5) is 26.7. The van der Waals surface area contributed by atoms with Crippen molar-refractivity contribution in [2.45, 2.75) is 44.2 Å². The van der Waals surface area contributed by atoms with Gasteiger partial charge in [-0.2, -0.15) is 4.98 Å². The quantitative estimate of drug-likeness (QED) is 0.738. The first-order chi connectivity index (χ1) is 15.2. The van der Waals surface area contributed by atoms with Crippen LogP contribution < -0.4 is 14.4 Å². The average molecular weight is 423 g/mol. The van der Waals surface area contributed by atoms with Crippen LogP contribution in [-0.4, -0.2) is 60.2 Å². The van der Waals surface area contributed by atoms with Crippen molar-refractivity contribution in [3.05, 3.63) is 42.1 Å². The van der Waals surface area contributed by atoms with Crippen LogP contribution in [0.15, 0.2) is 36.5 Å². The Labute approximate surface area is 183 Å². The zero-order valence-corrected chi connectivity index (χ0v) is 18.2. The molecule has 3 saturated heterocycles. The Morgan fingerprint density at radius 1 is 1.13 bits per heavy atom. The number of carbonyl (C=O) groups is 1. The van der Waals surface area contributed by atoms with Gasteiger partial charge in [0.2, 0.25) is 17.7 Å². The largest absolute Gasteiger partial charge is 0.497 e. The molecule has 4 atom stereocenters. The Morgan fingerprint density at radius 2 is 2.00 bits per heavy atom. The van der Waals surface area contributed by atoms with Crippen LogP contribution in [0.1, 0.15) is 31.2 Å². The molecular weight excluding hydrogens is 392 g/mol. The molecule has 0 radical (unpaired) electrons. The predicted octanol–water partition coefficient (Wildman–Crippen LogP) is 2.94. The Bertz CT molecular complexity index is 952. The van der Waals surface area contributed by atoms with Gasteiger partial charge in [-0.1, -0.05) is 12.1 Å². The monoisotopic (exact) mass is 422 g/mol. The van der Waals surface area contributed by atoms with E-state index in [0.29, 0.717) is 36.1 Å². The molecule has 1 aromatic carbocycles. The molecule has 3 aliphatic heterocycles. The van der Waals surface area contributed by atoms with Gasteiger partial charge in [-0.05, 0) is 55.2 Å². The number of carbonyl (C=O) groups excluding carboxylic acids is 1. The number of aromatic nitrogens is 2. The summed E-state index contributed by atoms with van der Waals surface area (Å²) >= 11 is 0. The van der Waals surface area contributed by atoms with E-state index in [0.717, 1.165) is 50.5 Å². The molecule has 2 bridgehead atoms. The van der Waals surface area contributed by atoms with Crippen LogP contribution in [0.3, 0.4) is 0 Å². The van der Waals surface area contributed by atoms with E-state index in [-0.39, 0.29) is 6.04 Å². The zero-order valence-electron chi connectivity index (χ0n) is 18.2. The van der Waals surface area contributed by atoms with Crippen LogP contribution in [-0.2, 0) is 11.2 Å². The summed E-state index contributed by atoms with van der Waals surface area (Å²) < 4.78 is 10.8. The molecule has 7 nitrogen and oxygen atoms in total. The first-order valence-electron chi connectivity index (χ1n) is 11.2. The van der Waals surface area contributed by atoms with Crippen molar-refractivity contribution in [1.29, 1.82) is 0 Å². The molecule has 164 valence electrons. The minimum Gasteiger partial charge on any atom is -0.497 e. The lowest BCUT2D eigenvalue weighted by Gasteiger charge is -2.56. The molecule has 0 saturated carbocycles. The number of anilines is 1. The fraction of sp³-hybridized carbons (Fsp3) is 0.542. The van der Waals surface area contributed by atoms with Gasteiger partial charge in [0, 0.05) is 43.9 Å². The van der Waals surface area contributed by atoms with Crippen LogP contribution in [0.2, 0.25) is 0 Å². The van der Waals surface area contributed by atoms with Crippen molar-refractivity contribution < 1.29 is 14.3 Å². The standard InChI is InChI=1S/C24H30N4O3/c1-30-19-6-3-5-16(11-19)12-21-18-13-17(20-7-4-8-23(29)28(20)21)14-27(15-18)24-25-10-9-22(26-24)31-2/h3,5-6,9-11,17-18,20-21H,4,7-8,12-15H2,1-2H3/t17-,18+,20+,21+/m1/s1. The van der Waals surface area contributed by atoms with Crippen molar-refractivity contribution in [1.82, 2.24) is 14.9 Å². The van der Waals surface area contributed by atoms with Crippen LogP contribution >= 0.6 is 0 Å². The van der Waals surface area contributed by atoms with Crippen molar-refractivity contribution in [2.24, 2.45) is 11.8 Å². The Morgan fingerprint density at radius 3 is 2.84 bits per heavy atom. The number of piperidine rings is 3. The van der Waals surface area contributed by atoms with E-state index in [1.54, 1.807) is 26.5 Å². The van der Waals surface area contributed by atoms with Gasteiger partial charge in [0.1, 0.15) is 5.75 Å². The smallest absolute Gasteiger partial charge is 0.228 e. The molecule has 3 fully saturated rings. The first-order valence-corrected chi connectivity index (χ1v) is 11.2. The van der Waals surface area contributed by atoms with Gasteiger partial charge in [0.25, 0.3) is 0 Å². The summed E-state index contributed by atoms with van der Waals surface area (Å²) in [5, 5.41) is 0. The van der Waals surface area contributed by atoms with Crippen molar-refractivity contribution >= 4 is 11.9 Å². The summed E-state index contributed by atoms with van der Waals surface area (Å²) in [7, 11) is 3.33. The molecule has 1 amide bonds.